The van der Waals surface area contributed by atoms with Crippen LogP contribution in [0.15, 0.2) is 6.20 Å². The number of morpholine rings is 1. The summed E-state index contributed by atoms with van der Waals surface area (Å²) in [6, 6.07) is 0. The number of thiazole rings is 1. The van der Waals surface area contributed by atoms with Gasteiger partial charge in [-0.1, -0.05) is 6.42 Å². The summed E-state index contributed by atoms with van der Waals surface area (Å²) >= 11 is 1.82. The predicted octanol–water partition coefficient (Wildman–Crippen LogP) is 2.11. The second kappa shape index (κ2) is 6.67. The molecule has 3 fully saturated rings. The minimum absolute atomic E-state index is 0.0873. The SMILES string of the molecule is O[C@@H]1CCC[C@@]12CCCN(Cc1cnc(N3CCOCC3)s1)C2. The zero-order valence-corrected chi connectivity index (χ0v) is 14.6. The van der Waals surface area contributed by atoms with Crippen LogP contribution in [0.4, 0.5) is 5.13 Å². The first-order valence-electron chi connectivity index (χ1n) is 8.93. The zero-order valence-electron chi connectivity index (χ0n) is 13.7. The minimum atomic E-state index is -0.0873. The first kappa shape index (κ1) is 15.8. The Hall–Kier alpha value is -0.690. The Labute approximate surface area is 142 Å². The molecule has 23 heavy (non-hydrogen) atoms. The summed E-state index contributed by atoms with van der Waals surface area (Å²) in [5.41, 5.74) is 0.177. The second-order valence-electron chi connectivity index (χ2n) is 7.29. The van der Waals surface area contributed by atoms with Gasteiger partial charge in [0.15, 0.2) is 5.13 Å². The van der Waals surface area contributed by atoms with Gasteiger partial charge in [-0.25, -0.2) is 4.98 Å². The number of hydrogen-bond donors (Lipinski definition) is 1. The summed E-state index contributed by atoms with van der Waals surface area (Å²) in [7, 11) is 0. The normalized spacial score (nSPS) is 32.7. The summed E-state index contributed by atoms with van der Waals surface area (Å²) in [5, 5.41) is 11.5. The highest BCUT2D eigenvalue weighted by Gasteiger charge is 2.44. The number of piperidine rings is 1. The van der Waals surface area contributed by atoms with Gasteiger partial charge in [0.1, 0.15) is 0 Å². The maximum Gasteiger partial charge on any atom is 0.185 e. The number of anilines is 1. The fourth-order valence-electron chi connectivity index (χ4n) is 4.48. The Morgan fingerprint density at radius 1 is 1.26 bits per heavy atom. The number of aromatic nitrogens is 1. The fourth-order valence-corrected chi connectivity index (χ4v) is 5.49. The maximum atomic E-state index is 10.4. The van der Waals surface area contributed by atoms with Gasteiger partial charge in [0.25, 0.3) is 0 Å². The van der Waals surface area contributed by atoms with Crippen LogP contribution in [0.2, 0.25) is 0 Å². The number of aliphatic hydroxyl groups is 1. The molecule has 2 atom stereocenters. The largest absolute Gasteiger partial charge is 0.393 e. The summed E-state index contributed by atoms with van der Waals surface area (Å²) in [5.74, 6) is 0. The van der Waals surface area contributed by atoms with Crippen molar-refractivity contribution in [1.82, 2.24) is 9.88 Å². The van der Waals surface area contributed by atoms with Gasteiger partial charge >= 0.3 is 0 Å². The number of ether oxygens (including phenoxy) is 1. The Kier molecular flexibility index (Phi) is 4.58. The first-order chi connectivity index (χ1) is 11.3. The smallest absolute Gasteiger partial charge is 0.185 e. The van der Waals surface area contributed by atoms with E-state index in [0.29, 0.717) is 0 Å². The molecule has 2 aliphatic heterocycles. The number of nitrogens with zero attached hydrogens (tertiary/aromatic N) is 3. The number of hydrogen-bond acceptors (Lipinski definition) is 6. The molecule has 0 bridgehead atoms. The van der Waals surface area contributed by atoms with Gasteiger partial charge in [0.2, 0.25) is 0 Å². The number of likely N-dealkylation sites (tertiary alicyclic amines) is 1. The van der Waals surface area contributed by atoms with E-state index < -0.39 is 0 Å². The van der Waals surface area contributed by atoms with Crippen molar-refractivity contribution in [2.75, 3.05) is 44.3 Å². The highest BCUT2D eigenvalue weighted by atomic mass is 32.1. The molecule has 0 radical (unpaired) electrons. The standard InChI is InChI=1S/C17H27N3O2S/c21-15-3-1-4-17(15)5-2-6-19(13-17)12-14-11-18-16(23-14)20-7-9-22-10-8-20/h11,15,21H,1-10,12-13H2/t15-,17+/m1/s1. The van der Waals surface area contributed by atoms with E-state index in [-0.39, 0.29) is 11.5 Å². The molecule has 2 saturated heterocycles. The molecule has 3 aliphatic rings. The summed E-state index contributed by atoms with van der Waals surface area (Å²) in [4.78, 5) is 10.8. The quantitative estimate of drug-likeness (QED) is 0.915. The van der Waals surface area contributed by atoms with Crippen LogP contribution < -0.4 is 4.90 Å². The monoisotopic (exact) mass is 337 g/mol. The van der Waals surface area contributed by atoms with Crippen molar-refractivity contribution in [3.63, 3.8) is 0 Å². The average Bonchev–Trinajstić information content (AvgIpc) is 3.17. The molecule has 128 valence electrons. The zero-order chi connectivity index (χ0) is 15.7. The molecule has 1 saturated carbocycles. The molecule has 0 aromatic carbocycles. The van der Waals surface area contributed by atoms with E-state index in [9.17, 15) is 5.11 Å². The van der Waals surface area contributed by atoms with Crippen LogP contribution in [0.3, 0.4) is 0 Å². The lowest BCUT2D eigenvalue weighted by Gasteiger charge is -2.42. The van der Waals surface area contributed by atoms with Gasteiger partial charge in [-0.05, 0) is 32.2 Å². The third-order valence-corrected chi connectivity index (χ3v) is 6.79. The van der Waals surface area contributed by atoms with E-state index in [1.807, 2.05) is 17.5 Å². The predicted molar refractivity (Wildman–Crippen MR) is 91.9 cm³/mol. The van der Waals surface area contributed by atoms with E-state index in [2.05, 4.69) is 14.8 Å². The van der Waals surface area contributed by atoms with Crippen molar-refractivity contribution in [2.24, 2.45) is 5.41 Å². The van der Waals surface area contributed by atoms with Gasteiger partial charge in [-0.2, -0.15) is 0 Å². The van der Waals surface area contributed by atoms with Crippen LogP contribution in [0.5, 0.6) is 0 Å². The van der Waals surface area contributed by atoms with Crippen molar-refractivity contribution in [3.05, 3.63) is 11.1 Å². The Morgan fingerprint density at radius 2 is 2.09 bits per heavy atom. The van der Waals surface area contributed by atoms with E-state index in [0.717, 1.165) is 57.5 Å². The third kappa shape index (κ3) is 3.27. The van der Waals surface area contributed by atoms with Crippen molar-refractivity contribution in [2.45, 2.75) is 44.8 Å². The van der Waals surface area contributed by atoms with Gasteiger partial charge in [0, 0.05) is 42.7 Å². The molecule has 3 heterocycles. The van der Waals surface area contributed by atoms with Crippen LogP contribution in [0.25, 0.3) is 0 Å². The average molecular weight is 337 g/mol. The highest BCUT2D eigenvalue weighted by Crippen LogP contribution is 2.45. The van der Waals surface area contributed by atoms with Crippen molar-refractivity contribution >= 4 is 16.5 Å². The lowest BCUT2D eigenvalue weighted by Crippen LogP contribution is -2.46. The van der Waals surface area contributed by atoms with Gasteiger partial charge in [-0.3, -0.25) is 4.90 Å². The number of aliphatic hydroxyl groups excluding tert-OH is 1. The van der Waals surface area contributed by atoms with Crippen LogP contribution in [0, 0.1) is 5.41 Å². The van der Waals surface area contributed by atoms with Gasteiger partial charge < -0.3 is 14.7 Å². The van der Waals surface area contributed by atoms with E-state index in [1.165, 1.54) is 30.6 Å². The van der Waals surface area contributed by atoms with Crippen LogP contribution >= 0.6 is 11.3 Å². The molecule has 4 rings (SSSR count). The van der Waals surface area contributed by atoms with E-state index in [1.54, 1.807) is 0 Å². The fraction of sp³-hybridized carbons (Fsp3) is 0.824. The molecule has 1 spiro atoms. The Balaban J connectivity index is 1.39. The molecule has 1 aliphatic carbocycles. The Bertz CT molecular complexity index is 532. The summed E-state index contributed by atoms with van der Waals surface area (Å²) in [6.07, 6.45) is 7.76. The molecule has 5 nitrogen and oxygen atoms in total. The maximum absolute atomic E-state index is 10.4. The Morgan fingerprint density at radius 3 is 2.87 bits per heavy atom. The van der Waals surface area contributed by atoms with Gasteiger partial charge in [-0.15, -0.1) is 11.3 Å². The van der Waals surface area contributed by atoms with Crippen molar-refractivity contribution < 1.29 is 9.84 Å². The molecular formula is C17H27N3O2S. The molecule has 0 unspecified atom stereocenters. The molecule has 6 heteroatoms. The van der Waals surface area contributed by atoms with Crippen molar-refractivity contribution in [3.8, 4) is 0 Å². The van der Waals surface area contributed by atoms with E-state index >= 15 is 0 Å². The van der Waals surface area contributed by atoms with Crippen molar-refractivity contribution in [1.29, 1.82) is 0 Å². The molecule has 1 N–H and O–H groups in total. The van der Waals surface area contributed by atoms with Crippen LogP contribution in [0.1, 0.15) is 37.0 Å². The van der Waals surface area contributed by atoms with E-state index in [4.69, 9.17) is 4.74 Å². The molecule has 1 aromatic rings. The summed E-state index contributed by atoms with van der Waals surface area (Å²) in [6.45, 7) is 6.70. The third-order valence-electron chi connectivity index (χ3n) is 5.75. The van der Waals surface area contributed by atoms with Gasteiger partial charge in [0.05, 0.1) is 19.3 Å². The molecule has 0 amide bonds. The lowest BCUT2D eigenvalue weighted by molar-refractivity contribution is -0.0117. The lowest BCUT2D eigenvalue weighted by atomic mass is 9.77. The van der Waals surface area contributed by atoms with Crippen LogP contribution in [-0.2, 0) is 11.3 Å². The molecular weight excluding hydrogens is 310 g/mol. The topological polar surface area (TPSA) is 48.8 Å². The number of rotatable bonds is 3. The first-order valence-corrected chi connectivity index (χ1v) is 9.75. The second-order valence-corrected chi connectivity index (χ2v) is 8.39. The molecule has 1 aromatic heterocycles. The minimum Gasteiger partial charge on any atom is -0.393 e. The highest BCUT2D eigenvalue weighted by molar-refractivity contribution is 7.15. The summed E-state index contributed by atoms with van der Waals surface area (Å²) < 4.78 is 5.42. The van der Waals surface area contributed by atoms with Crippen LogP contribution in [-0.4, -0.2) is 60.5 Å².